The van der Waals surface area contributed by atoms with Crippen LogP contribution in [0.4, 0.5) is 14.7 Å². The first-order valence-corrected chi connectivity index (χ1v) is 10.0. The van der Waals surface area contributed by atoms with Crippen LogP contribution in [0.15, 0.2) is 30.7 Å². The molecule has 0 saturated heterocycles. The molecule has 3 N–H and O–H groups in total. The van der Waals surface area contributed by atoms with Crippen LogP contribution < -0.4 is 11.1 Å². The van der Waals surface area contributed by atoms with Gasteiger partial charge in [-0.3, -0.25) is 9.78 Å². The third-order valence-corrected chi connectivity index (χ3v) is 5.40. The summed E-state index contributed by atoms with van der Waals surface area (Å²) in [4.78, 5) is 24.2. The van der Waals surface area contributed by atoms with E-state index in [2.05, 4.69) is 30.5 Å². The first-order chi connectivity index (χ1) is 14.3. The van der Waals surface area contributed by atoms with Gasteiger partial charge < -0.3 is 11.1 Å². The van der Waals surface area contributed by atoms with E-state index in [1.807, 2.05) is 0 Å². The molecule has 0 bridgehead atoms. The fourth-order valence-corrected chi connectivity index (χ4v) is 3.98. The quantitative estimate of drug-likeness (QED) is 0.532. The third-order valence-electron chi connectivity index (χ3n) is 4.38. The molecule has 2 atom stereocenters. The fraction of sp³-hybridized carbons (Fsp3) is 0.368. The lowest BCUT2D eigenvalue weighted by Crippen LogP contribution is -2.36. The molecule has 0 unspecified atom stereocenters. The van der Waals surface area contributed by atoms with E-state index in [0.717, 1.165) is 4.88 Å². The van der Waals surface area contributed by atoms with Gasteiger partial charge in [-0.15, -0.1) is 21.5 Å². The van der Waals surface area contributed by atoms with Gasteiger partial charge in [-0.05, 0) is 25.5 Å². The molecule has 0 spiro atoms. The number of aromatic nitrogens is 5. The highest BCUT2D eigenvalue weighted by Crippen LogP contribution is 2.30. The molecule has 3 aromatic rings. The minimum Gasteiger partial charge on any atom is -0.369 e. The zero-order chi connectivity index (χ0) is 21.7. The van der Waals surface area contributed by atoms with Crippen molar-refractivity contribution in [2.45, 2.75) is 38.3 Å². The molecule has 8 nitrogen and oxygen atoms in total. The average Bonchev–Trinajstić information content (AvgIpc) is 3.14. The Labute approximate surface area is 176 Å². The Morgan fingerprint density at radius 3 is 2.73 bits per heavy atom. The summed E-state index contributed by atoms with van der Waals surface area (Å²) in [6.07, 6.45) is 3.55. The number of nitrogens with zero attached hydrogens (tertiary/aromatic N) is 5. The summed E-state index contributed by atoms with van der Waals surface area (Å²) >= 11 is 1.28. The van der Waals surface area contributed by atoms with Crippen LogP contribution in [0.2, 0.25) is 0 Å². The van der Waals surface area contributed by atoms with Crippen molar-refractivity contribution in [1.29, 1.82) is 0 Å². The van der Waals surface area contributed by atoms with Gasteiger partial charge in [0.05, 0.1) is 24.5 Å². The standard InChI is InChI=1S/C19H21F2N7OS/c1-11(20)7-19(2,16-13(21)4-3-5-23-16)10-26-18-25-9-14(27-28-18)17-24-8-12(30-17)6-15(22)29/h3-5,8-9,11H,6-7,10H2,1-2H3,(H2,22,29)(H,25,26,28)/t11-,19-/m1/s1. The average molecular weight is 433 g/mol. The predicted molar refractivity (Wildman–Crippen MR) is 109 cm³/mol. The third kappa shape index (κ3) is 5.29. The van der Waals surface area contributed by atoms with Crippen LogP contribution in [0.3, 0.4) is 0 Å². The van der Waals surface area contributed by atoms with Crippen LogP contribution in [0.25, 0.3) is 10.7 Å². The van der Waals surface area contributed by atoms with Gasteiger partial charge in [0.2, 0.25) is 11.9 Å². The zero-order valence-electron chi connectivity index (χ0n) is 16.5. The maximum atomic E-state index is 14.3. The van der Waals surface area contributed by atoms with Gasteiger partial charge in [0.1, 0.15) is 16.5 Å². The van der Waals surface area contributed by atoms with E-state index in [1.165, 1.54) is 42.8 Å². The lowest BCUT2D eigenvalue weighted by molar-refractivity contribution is -0.117. The SMILES string of the molecule is C[C@@H](F)C[C@](C)(CNc1ncc(-c2ncc(CC(N)=O)s2)nn1)c1ncccc1F. The van der Waals surface area contributed by atoms with Crippen molar-refractivity contribution in [3.63, 3.8) is 0 Å². The second-order valence-corrected chi connectivity index (χ2v) is 8.29. The predicted octanol–water partition coefficient (Wildman–Crippen LogP) is 2.67. The maximum absolute atomic E-state index is 14.3. The van der Waals surface area contributed by atoms with Crippen LogP contribution in [0, 0.1) is 5.82 Å². The molecular weight excluding hydrogens is 412 g/mol. The van der Waals surface area contributed by atoms with Crippen molar-refractivity contribution in [1.82, 2.24) is 25.1 Å². The number of rotatable bonds is 9. The number of carbonyl (C=O) groups is 1. The number of amides is 1. The summed E-state index contributed by atoms with van der Waals surface area (Å²) < 4.78 is 28.1. The van der Waals surface area contributed by atoms with E-state index in [-0.39, 0.29) is 31.0 Å². The van der Waals surface area contributed by atoms with Gasteiger partial charge in [0.25, 0.3) is 0 Å². The Bertz CT molecular complexity index is 1010. The molecule has 0 fully saturated rings. The highest BCUT2D eigenvalue weighted by Gasteiger charge is 2.33. The van der Waals surface area contributed by atoms with Crippen molar-refractivity contribution >= 4 is 23.2 Å². The number of alkyl halides is 1. The van der Waals surface area contributed by atoms with E-state index in [0.29, 0.717) is 10.7 Å². The molecule has 3 heterocycles. The molecule has 1 amide bonds. The van der Waals surface area contributed by atoms with Gasteiger partial charge in [-0.1, -0.05) is 6.92 Å². The van der Waals surface area contributed by atoms with Crippen molar-refractivity contribution in [3.05, 3.63) is 47.1 Å². The minimum atomic E-state index is -1.15. The Hall–Kier alpha value is -3.08. The Kier molecular flexibility index (Phi) is 6.60. The van der Waals surface area contributed by atoms with Gasteiger partial charge in [-0.25, -0.2) is 18.7 Å². The van der Waals surface area contributed by atoms with Crippen LogP contribution in [-0.2, 0) is 16.6 Å². The molecule has 0 aromatic carbocycles. The van der Waals surface area contributed by atoms with Crippen LogP contribution in [-0.4, -0.2) is 43.8 Å². The summed E-state index contributed by atoms with van der Waals surface area (Å²) in [5.41, 5.74) is 4.88. The number of nitrogens with two attached hydrogens (primary N) is 1. The molecule has 0 aliphatic rings. The first-order valence-electron chi connectivity index (χ1n) is 9.19. The molecular formula is C19H21F2N7OS. The van der Waals surface area contributed by atoms with Crippen molar-refractivity contribution < 1.29 is 13.6 Å². The van der Waals surface area contributed by atoms with E-state index in [9.17, 15) is 13.6 Å². The summed E-state index contributed by atoms with van der Waals surface area (Å²) in [6.45, 7) is 3.32. The highest BCUT2D eigenvalue weighted by atomic mass is 32.1. The fourth-order valence-electron chi connectivity index (χ4n) is 3.11. The molecule has 0 radical (unpaired) electrons. The van der Waals surface area contributed by atoms with Crippen LogP contribution >= 0.6 is 11.3 Å². The first kappa shape index (κ1) is 21.6. The molecule has 30 heavy (non-hydrogen) atoms. The number of nitrogens with one attached hydrogen (secondary N) is 1. The molecule has 0 saturated carbocycles. The number of anilines is 1. The molecule has 0 aliphatic carbocycles. The Balaban J connectivity index is 1.73. The van der Waals surface area contributed by atoms with Gasteiger partial charge in [0.15, 0.2) is 0 Å². The number of hydrogen-bond donors (Lipinski definition) is 2. The van der Waals surface area contributed by atoms with Gasteiger partial charge in [0, 0.05) is 29.2 Å². The minimum absolute atomic E-state index is 0.0706. The number of carbonyl (C=O) groups excluding carboxylic acids is 1. The molecule has 158 valence electrons. The number of hydrogen-bond acceptors (Lipinski definition) is 8. The van der Waals surface area contributed by atoms with Crippen molar-refractivity contribution in [3.8, 4) is 10.7 Å². The normalized spacial score (nSPS) is 14.1. The summed E-state index contributed by atoms with van der Waals surface area (Å²) in [7, 11) is 0. The lowest BCUT2D eigenvalue weighted by Gasteiger charge is -2.30. The Morgan fingerprint density at radius 1 is 1.30 bits per heavy atom. The maximum Gasteiger partial charge on any atom is 0.242 e. The summed E-state index contributed by atoms with van der Waals surface area (Å²) in [6, 6.07) is 2.79. The van der Waals surface area contributed by atoms with Crippen molar-refractivity contribution in [2.75, 3.05) is 11.9 Å². The Morgan fingerprint density at radius 2 is 2.10 bits per heavy atom. The summed E-state index contributed by atoms with van der Waals surface area (Å²) in [5.74, 6) is -0.724. The van der Waals surface area contributed by atoms with Crippen molar-refractivity contribution in [2.24, 2.45) is 5.73 Å². The molecule has 3 aromatic heterocycles. The van der Waals surface area contributed by atoms with E-state index in [1.54, 1.807) is 13.1 Å². The second kappa shape index (κ2) is 9.16. The second-order valence-electron chi connectivity index (χ2n) is 7.17. The van der Waals surface area contributed by atoms with Crippen LogP contribution in [0.5, 0.6) is 0 Å². The van der Waals surface area contributed by atoms with Gasteiger partial charge >= 0.3 is 0 Å². The number of primary amides is 1. The zero-order valence-corrected chi connectivity index (χ0v) is 17.3. The number of pyridine rings is 1. The van der Waals surface area contributed by atoms with E-state index in [4.69, 9.17) is 5.73 Å². The smallest absolute Gasteiger partial charge is 0.242 e. The lowest BCUT2D eigenvalue weighted by atomic mass is 9.81. The monoisotopic (exact) mass is 433 g/mol. The topological polar surface area (TPSA) is 120 Å². The largest absolute Gasteiger partial charge is 0.369 e. The van der Waals surface area contributed by atoms with Crippen LogP contribution in [0.1, 0.15) is 30.8 Å². The molecule has 11 heteroatoms. The van der Waals surface area contributed by atoms with E-state index < -0.39 is 23.3 Å². The number of thiazole rings is 1. The number of halogens is 2. The molecule has 0 aliphatic heterocycles. The highest BCUT2D eigenvalue weighted by molar-refractivity contribution is 7.15. The molecule has 3 rings (SSSR count). The van der Waals surface area contributed by atoms with Gasteiger partial charge in [-0.2, -0.15) is 0 Å². The summed E-state index contributed by atoms with van der Waals surface area (Å²) in [5, 5.41) is 11.7. The van der Waals surface area contributed by atoms with E-state index >= 15 is 0 Å².